The molecule has 0 aromatic heterocycles. The molecule has 2 nitrogen and oxygen atoms in total. The van der Waals surface area contributed by atoms with Crippen LogP contribution in [0.1, 0.15) is 34.1 Å². The van der Waals surface area contributed by atoms with Gasteiger partial charge < -0.3 is 10.2 Å². The standard InChI is InChI=1S/C12H28N2/c1-10(2)7-12(14(5)6)9-13-8-11(3)4/h10-13H,7-9H2,1-6H3. The van der Waals surface area contributed by atoms with E-state index in [2.05, 4.69) is 52.0 Å². The zero-order chi connectivity index (χ0) is 11.1. The van der Waals surface area contributed by atoms with Gasteiger partial charge in [-0.1, -0.05) is 27.7 Å². The Morgan fingerprint density at radius 2 is 1.50 bits per heavy atom. The van der Waals surface area contributed by atoms with Crippen LogP contribution in [0.15, 0.2) is 0 Å². The topological polar surface area (TPSA) is 15.3 Å². The van der Waals surface area contributed by atoms with Gasteiger partial charge in [0.25, 0.3) is 0 Å². The SMILES string of the molecule is CC(C)CNCC(CC(C)C)N(C)C. The highest BCUT2D eigenvalue weighted by atomic mass is 15.1. The second-order valence-corrected chi connectivity index (χ2v) is 5.30. The molecule has 1 N–H and O–H groups in total. The number of likely N-dealkylation sites (N-methyl/N-ethyl adjacent to an activating group) is 1. The van der Waals surface area contributed by atoms with Crippen LogP contribution in [0, 0.1) is 11.8 Å². The molecule has 0 aliphatic rings. The van der Waals surface area contributed by atoms with Crippen LogP contribution >= 0.6 is 0 Å². The first-order valence-corrected chi connectivity index (χ1v) is 5.80. The largest absolute Gasteiger partial charge is 0.315 e. The molecule has 0 saturated heterocycles. The molecule has 0 fully saturated rings. The number of nitrogens with zero attached hydrogens (tertiary/aromatic N) is 1. The number of hydrogen-bond acceptors (Lipinski definition) is 2. The first-order chi connectivity index (χ1) is 6.43. The lowest BCUT2D eigenvalue weighted by Crippen LogP contribution is -2.39. The summed E-state index contributed by atoms with van der Waals surface area (Å²) in [4.78, 5) is 2.33. The van der Waals surface area contributed by atoms with E-state index in [0.29, 0.717) is 6.04 Å². The highest BCUT2D eigenvalue weighted by Crippen LogP contribution is 2.08. The fraction of sp³-hybridized carbons (Fsp3) is 1.00. The maximum absolute atomic E-state index is 3.53. The smallest absolute Gasteiger partial charge is 0.0216 e. The van der Waals surface area contributed by atoms with E-state index in [9.17, 15) is 0 Å². The van der Waals surface area contributed by atoms with Gasteiger partial charge in [0.05, 0.1) is 0 Å². The Kier molecular flexibility index (Phi) is 7.20. The molecule has 0 spiro atoms. The summed E-state index contributed by atoms with van der Waals surface area (Å²) in [6, 6.07) is 0.675. The molecule has 1 atom stereocenters. The lowest BCUT2D eigenvalue weighted by molar-refractivity contribution is 0.245. The van der Waals surface area contributed by atoms with Crippen molar-refractivity contribution in [2.24, 2.45) is 11.8 Å². The van der Waals surface area contributed by atoms with Gasteiger partial charge in [0.15, 0.2) is 0 Å². The van der Waals surface area contributed by atoms with Crippen LogP contribution in [0.25, 0.3) is 0 Å². The molecule has 0 heterocycles. The summed E-state index contributed by atoms with van der Waals surface area (Å²) in [6.45, 7) is 11.3. The van der Waals surface area contributed by atoms with Crippen molar-refractivity contribution in [3.63, 3.8) is 0 Å². The zero-order valence-corrected chi connectivity index (χ0v) is 10.8. The van der Waals surface area contributed by atoms with Crippen LogP contribution in [0.2, 0.25) is 0 Å². The summed E-state index contributed by atoms with van der Waals surface area (Å²) < 4.78 is 0. The van der Waals surface area contributed by atoms with E-state index >= 15 is 0 Å². The summed E-state index contributed by atoms with van der Waals surface area (Å²) in [5, 5.41) is 3.53. The molecule has 0 amide bonds. The van der Waals surface area contributed by atoms with Gasteiger partial charge in [0, 0.05) is 12.6 Å². The Labute approximate surface area is 90.1 Å². The van der Waals surface area contributed by atoms with Crippen molar-refractivity contribution < 1.29 is 0 Å². The van der Waals surface area contributed by atoms with Crippen LogP contribution < -0.4 is 5.32 Å². The second kappa shape index (κ2) is 7.24. The minimum Gasteiger partial charge on any atom is -0.315 e. The second-order valence-electron chi connectivity index (χ2n) is 5.30. The monoisotopic (exact) mass is 200 g/mol. The van der Waals surface area contributed by atoms with Crippen molar-refractivity contribution in [1.82, 2.24) is 10.2 Å². The highest BCUT2D eigenvalue weighted by Gasteiger charge is 2.12. The molecule has 2 heteroatoms. The Balaban J connectivity index is 3.74. The van der Waals surface area contributed by atoms with Gasteiger partial charge >= 0.3 is 0 Å². The van der Waals surface area contributed by atoms with Crippen LogP contribution in [0.4, 0.5) is 0 Å². The molecule has 14 heavy (non-hydrogen) atoms. The average molecular weight is 200 g/mol. The first kappa shape index (κ1) is 13.9. The van der Waals surface area contributed by atoms with E-state index in [1.54, 1.807) is 0 Å². The van der Waals surface area contributed by atoms with Crippen LogP contribution in [-0.2, 0) is 0 Å². The molecule has 0 radical (unpaired) electrons. The predicted molar refractivity (Wildman–Crippen MR) is 64.6 cm³/mol. The Morgan fingerprint density at radius 1 is 0.929 bits per heavy atom. The molecule has 0 bridgehead atoms. The minimum absolute atomic E-state index is 0.675. The van der Waals surface area contributed by atoms with Crippen molar-refractivity contribution in [2.75, 3.05) is 27.2 Å². The quantitative estimate of drug-likeness (QED) is 0.678. The predicted octanol–water partition coefficient (Wildman–Crippen LogP) is 2.21. The Morgan fingerprint density at radius 3 is 1.86 bits per heavy atom. The van der Waals surface area contributed by atoms with Crippen LogP contribution in [-0.4, -0.2) is 38.1 Å². The summed E-state index contributed by atoms with van der Waals surface area (Å²) in [5.74, 6) is 1.53. The Hall–Kier alpha value is -0.0800. The van der Waals surface area contributed by atoms with Crippen LogP contribution in [0.3, 0.4) is 0 Å². The van der Waals surface area contributed by atoms with Crippen molar-refractivity contribution >= 4 is 0 Å². The van der Waals surface area contributed by atoms with Gasteiger partial charge in [-0.05, 0) is 38.9 Å². The first-order valence-electron chi connectivity index (χ1n) is 5.80. The van der Waals surface area contributed by atoms with E-state index in [1.165, 1.54) is 6.42 Å². The maximum atomic E-state index is 3.53. The van der Waals surface area contributed by atoms with E-state index in [4.69, 9.17) is 0 Å². The molecule has 0 aromatic carbocycles. The third kappa shape index (κ3) is 7.34. The molecular formula is C12H28N2. The summed E-state index contributed by atoms with van der Waals surface area (Å²) in [6.07, 6.45) is 1.28. The molecule has 0 aromatic rings. The van der Waals surface area contributed by atoms with Crippen molar-refractivity contribution in [3.8, 4) is 0 Å². The normalized spacial score (nSPS) is 14.4. The molecule has 0 aliphatic heterocycles. The Bertz CT molecular complexity index is 130. The molecule has 86 valence electrons. The fourth-order valence-corrected chi connectivity index (χ4v) is 1.56. The number of rotatable bonds is 7. The molecule has 0 aliphatic carbocycles. The van der Waals surface area contributed by atoms with E-state index in [-0.39, 0.29) is 0 Å². The van der Waals surface area contributed by atoms with Gasteiger partial charge in [-0.15, -0.1) is 0 Å². The highest BCUT2D eigenvalue weighted by molar-refractivity contribution is 4.71. The zero-order valence-electron chi connectivity index (χ0n) is 10.8. The average Bonchev–Trinajstić information content (AvgIpc) is 2.00. The van der Waals surface area contributed by atoms with E-state index in [1.807, 2.05) is 0 Å². The molecule has 0 saturated carbocycles. The maximum Gasteiger partial charge on any atom is 0.0216 e. The van der Waals surface area contributed by atoms with Gasteiger partial charge in [-0.3, -0.25) is 0 Å². The summed E-state index contributed by atoms with van der Waals surface area (Å²) in [7, 11) is 4.34. The number of hydrogen-bond donors (Lipinski definition) is 1. The van der Waals surface area contributed by atoms with Gasteiger partial charge in [-0.25, -0.2) is 0 Å². The lowest BCUT2D eigenvalue weighted by atomic mass is 10.0. The summed E-state index contributed by atoms with van der Waals surface area (Å²) >= 11 is 0. The number of nitrogens with one attached hydrogen (secondary N) is 1. The molecule has 1 unspecified atom stereocenters. The van der Waals surface area contributed by atoms with Crippen molar-refractivity contribution in [3.05, 3.63) is 0 Å². The molecular weight excluding hydrogens is 172 g/mol. The fourth-order valence-electron chi connectivity index (χ4n) is 1.56. The summed E-state index contributed by atoms with van der Waals surface area (Å²) in [5.41, 5.74) is 0. The van der Waals surface area contributed by atoms with Gasteiger partial charge in [0.2, 0.25) is 0 Å². The lowest BCUT2D eigenvalue weighted by Gasteiger charge is -2.26. The van der Waals surface area contributed by atoms with Gasteiger partial charge in [-0.2, -0.15) is 0 Å². The van der Waals surface area contributed by atoms with E-state index < -0.39 is 0 Å². The van der Waals surface area contributed by atoms with E-state index in [0.717, 1.165) is 24.9 Å². The third-order valence-corrected chi connectivity index (χ3v) is 2.41. The van der Waals surface area contributed by atoms with Crippen molar-refractivity contribution in [2.45, 2.75) is 40.2 Å². The minimum atomic E-state index is 0.675. The third-order valence-electron chi connectivity index (χ3n) is 2.41. The molecule has 0 rings (SSSR count). The van der Waals surface area contributed by atoms with Crippen molar-refractivity contribution in [1.29, 1.82) is 0 Å². The van der Waals surface area contributed by atoms with Gasteiger partial charge in [0.1, 0.15) is 0 Å². The van der Waals surface area contributed by atoms with Crippen LogP contribution in [0.5, 0.6) is 0 Å².